The number of hydrogen-bond donors (Lipinski definition) is 2. The Bertz CT molecular complexity index is 712. The number of phenols is 1. The number of aromatic hydroxyl groups is 1. The van der Waals surface area contributed by atoms with Crippen molar-refractivity contribution in [3.05, 3.63) is 28.8 Å². The smallest absolute Gasteiger partial charge is 0.342 e. The summed E-state index contributed by atoms with van der Waals surface area (Å²) in [5, 5.41) is 13.3. The minimum atomic E-state index is -0.922. The van der Waals surface area contributed by atoms with E-state index in [1.807, 2.05) is 0 Å². The molecule has 0 aromatic heterocycles. The Kier molecular flexibility index (Phi) is 4.38. The predicted molar refractivity (Wildman–Crippen MR) is 97.0 cm³/mol. The van der Waals surface area contributed by atoms with Gasteiger partial charge in [-0.15, -0.1) is 0 Å². The lowest BCUT2D eigenvalue weighted by Crippen LogP contribution is -2.61. The largest absolute Gasteiger partial charge is 0.507 e. The molecular formula is C20H24ClNO4. The van der Waals surface area contributed by atoms with Crippen molar-refractivity contribution in [2.45, 2.75) is 57.1 Å². The van der Waals surface area contributed by atoms with Crippen LogP contribution >= 0.6 is 11.6 Å². The predicted octanol–water partition coefficient (Wildman–Crippen LogP) is 3.68. The van der Waals surface area contributed by atoms with Crippen molar-refractivity contribution in [2.24, 2.45) is 17.8 Å². The van der Waals surface area contributed by atoms with Crippen LogP contribution in [0.4, 0.5) is 0 Å². The molecule has 4 aliphatic rings. The summed E-state index contributed by atoms with van der Waals surface area (Å²) in [6.45, 7) is 1.56. The summed E-state index contributed by atoms with van der Waals surface area (Å²) in [6.07, 6.45) is 6.10. The van der Waals surface area contributed by atoms with Gasteiger partial charge < -0.3 is 15.2 Å². The number of hydrogen-bond acceptors (Lipinski definition) is 4. The number of phenolic OH excluding ortho intramolecular Hbond substituents is 1. The van der Waals surface area contributed by atoms with Gasteiger partial charge in [-0.25, -0.2) is 4.79 Å². The lowest BCUT2D eigenvalue weighted by molar-refractivity contribution is -0.134. The zero-order chi connectivity index (χ0) is 18.5. The van der Waals surface area contributed by atoms with E-state index in [4.69, 9.17) is 16.3 Å². The second kappa shape index (κ2) is 6.45. The van der Waals surface area contributed by atoms with E-state index < -0.39 is 12.1 Å². The normalized spacial score (nSPS) is 32.9. The van der Waals surface area contributed by atoms with Crippen molar-refractivity contribution in [3.8, 4) is 5.75 Å². The third-order valence-electron chi connectivity index (χ3n) is 6.26. The molecule has 0 radical (unpaired) electrons. The lowest BCUT2D eigenvalue weighted by Gasteiger charge is -2.57. The number of carbonyl (C=O) groups excluding carboxylic acids is 2. The van der Waals surface area contributed by atoms with Gasteiger partial charge in [-0.3, -0.25) is 4.79 Å². The van der Waals surface area contributed by atoms with Gasteiger partial charge in [0.05, 0.1) is 0 Å². The minimum absolute atomic E-state index is 0.0352. The van der Waals surface area contributed by atoms with Gasteiger partial charge in [0.1, 0.15) is 11.3 Å². The summed E-state index contributed by atoms with van der Waals surface area (Å²) in [5.41, 5.74) is -0.156. The Hall–Kier alpha value is -1.75. The topological polar surface area (TPSA) is 75.6 Å². The zero-order valence-corrected chi connectivity index (χ0v) is 15.6. The molecule has 4 fully saturated rings. The summed E-state index contributed by atoms with van der Waals surface area (Å²) < 4.78 is 5.28. The molecule has 1 amide bonds. The number of carbonyl (C=O) groups is 2. The number of esters is 1. The Labute approximate surface area is 158 Å². The standard InChI is InChI=1S/C20H24ClNO4/c1-11(26-19(25)16-7-15(21)2-3-17(16)23)18(24)22-20-8-12-4-13(9-20)6-14(5-12)10-20/h2-3,7,11-14,23H,4-6,8-10H2,1H3,(H,22,24)/t11-,12?,13?,14?,20?/m1/s1. The van der Waals surface area contributed by atoms with Crippen LogP contribution in [0.2, 0.25) is 5.02 Å². The van der Waals surface area contributed by atoms with Crippen LogP contribution in [0.3, 0.4) is 0 Å². The molecule has 1 aromatic rings. The molecule has 4 aliphatic carbocycles. The molecule has 4 saturated carbocycles. The second-order valence-corrected chi connectivity index (χ2v) is 8.83. The van der Waals surface area contributed by atoms with Crippen LogP contribution in [-0.4, -0.2) is 28.6 Å². The van der Waals surface area contributed by atoms with E-state index in [9.17, 15) is 14.7 Å². The first-order valence-corrected chi connectivity index (χ1v) is 9.73. The Morgan fingerprint density at radius 1 is 1.19 bits per heavy atom. The first-order chi connectivity index (χ1) is 12.3. The molecule has 5 nitrogen and oxygen atoms in total. The molecule has 4 bridgehead atoms. The van der Waals surface area contributed by atoms with Gasteiger partial charge in [0.15, 0.2) is 6.10 Å². The van der Waals surface area contributed by atoms with Crippen molar-refractivity contribution >= 4 is 23.5 Å². The van der Waals surface area contributed by atoms with E-state index in [1.54, 1.807) is 6.92 Å². The van der Waals surface area contributed by atoms with Gasteiger partial charge in [-0.2, -0.15) is 0 Å². The number of rotatable bonds is 4. The van der Waals surface area contributed by atoms with Crippen LogP contribution in [-0.2, 0) is 9.53 Å². The average Bonchev–Trinajstić information content (AvgIpc) is 2.55. The van der Waals surface area contributed by atoms with Crippen LogP contribution in [0.5, 0.6) is 5.75 Å². The molecule has 0 spiro atoms. The fourth-order valence-corrected chi connectivity index (χ4v) is 5.75. The van der Waals surface area contributed by atoms with E-state index in [0.29, 0.717) is 5.02 Å². The molecular weight excluding hydrogens is 354 g/mol. The average molecular weight is 378 g/mol. The second-order valence-electron chi connectivity index (χ2n) is 8.40. The quantitative estimate of drug-likeness (QED) is 0.785. The van der Waals surface area contributed by atoms with Crippen molar-refractivity contribution in [1.29, 1.82) is 0 Å². The van der Waals surface area contributed by atoms with E-state index >= 15 is 0 Å². The molecule has 5 rings (SSSR count). The number of ether oxygens (including phenoxy) is 1. The minimum Gasteiger partial charge on any atom is -0.507 e. The number of benzene rings is 1. The molecule has 0 aliphatic heterocycles. The SMILES string of the molecule is C[C@@H](OC(=O)c1cc(Cl)ccc1O)C(=O)NC12CC3CC(CC(C3)C1)C2. The van der Waals surface area contributed by atoms with Gasteiger partial charge in [0.2, 0.25) is 0 Å². The maximum atomic E-state index is 12.7. The van der Waals surface area contributed by atoms with Crippen LogP contribution < -0.4 is 5.32 Å². The third kappa shape index (κ3) is 3.29. The molecule has 0 heterocycles. The molecule has 2 N–H and O–H groups in total. The van der Waals surface area contributed by atoms with E-state index in [-0.39, 0.29) is 22.8 Å². The molecule has 1 atom stereocenters. The molecule has 0 unspecified atom stereocenters. The van der Waals surface area contributed by atoms with Gasteiger partial charge >= 0.3 is 5.97 Å². The highest BCUT2D eigenvalue weighted by atomic mass is 35.5. The first kappa shape index (κ1) is 17.7. The van der Waals surface area contributed by atoms with Crippen LogP contribution in [0.1, 0.15) is 55.8 Å². The Morgan fingerprint density at radius 2 is 1.77 bits per heavy atom. The fraction of sp³-hybridized carbons (Fsp3) is 0.600. The van der Waals surface area contributed by atoms with Crippen molar-refractivity contribution in [2.75, 3.05) is 0 Å². The van der Waals surface area contributed by atoms with E-state index in [0.717, 1.165) is 37.0 Å². The molecule has 6 heteroatoms. The van der Waals surface area contributed by atoms with Crippen molar-refractivity contribution in [3.63, 3.8) is 0 Å². The van der Waals surface area contributed by atoms with Crippen LogP contribution in [0, 0.1) is 17.8 Å². The molecule has 1 aromatic carbocycles. The highest BCUT2D eigenvalue weighted by Crippen LogP contribution is 2.55. The summed E-state index contributed by atoms with van der Waals surface area (Å²) in [7, 11) is 0. The summed E-state index contributed by atoms with van der Waals surface area (Å²) >= 11 is 5.87. The Morgan fingerprint density at radius 3 is 2.35 bits per heavy atom. The van der Waals surface area contributed by atoms with E-state index in [1.165, 1.54) is 37.5 Å². The maximum absolute atomic E-state index is 12.7. The van der Waals surface area contributed by atoms with Crippen molar-refractivity contribution in [1.82, 2.24) is 5.32 Å². The summed E-state index contributed by atoms with van der Waals surface area (Å²) in [5.74, 6) is 0.946. The maximum Gasteiger partial charge on any atom is 0.342 e. The van der Waals surface area contributed by atoms with Crippen LogP contribution in [0.25, 0.3) is 0 Å². The van der Waals surface area contributed by atoms with E-state index in [2.05, 4.69) is 5.32 Å². The number of halogens is 1. The molecule has 0 saturated heterocycles. The monoisotopic (exact) mass is 377 g/mol. The van der Waals surface area contributed by atoms with Gasteiger partial charge in [0.25, 0.3) is 5.91 Å². The fourth-order valence-electron chi connectivity index (χ4n) is 5.58. The highest BCUT2D eigenvalue weighted by molar-refractivity contribution is 6.31. The highest BCUT2D eigenvalue weighted by Gasteiger charge is 2.51. The van der Waals surface area contributed by atoms with Gasteiger partial charge in [0, 0.05) is 10.6 Å². The summed E-state index contributed by atoms with van der Waals surface area (Å²) in [4.78, 5) is 24.9. The number of amides is 1. The lowest BCUT2D eigenvalue weighted by atomic mass is 9.53. The van der Waals surface area contributed by atoms with Gasteiger partial charge in [-0.1, -0.05) is 11.6 Å². The third-order valence-corrected chi connectivity index (χ3v) is 6.49. The molecule has 26 heavy (non-hydrogen) atoms. The zero-order valence-electron chi connectivity index (χ0n) is 14.8. The summed E-state index contributed by atoms with van der Waals surface area (Å²) in [6, 6.07) is 4.15. The number of nitrogens with one attached hydrogen (secondary N) is 1. The van der Waals surface area contributed by atoms with Crippen LogP contribution in [0.15, 0.2) is 18.2 Å². The van der Waals surface area contributed by atoms with Crippen molar-refractivity contribution < 1.29 is 19.4 Å². The Balaban J connectivity index is 1.41. The van der Waals surface area contributed by atoms with Gasteiger partial charge in [-0.05, 0) is 81.4 Å². The first-order valence-electron chi connectivity index (χ1n) is 9.35. The molecule has 140 valence electrons.